The fourth-order valence-corrected chi connectivity index (χ4v) is 2.87. The topological polar surface area (TPSA) is 33.1 Å². The zero-order chi connectivity index (χ0) is 15.0. The molecule has 0 bridgehead atoms. The molecule has 0 radical (unpaired) electrons. The summed E-state index contributed by atoms with van der Waals surface area (Å²) >= 11 is 3.41. The summed E-state index contributed by atoms with van der Waals surface area (Å²) in [6.45, 7) is 1.86. The van der Waals surface area contributed by atoms with Gasteiger partial charge in [0.2, 0.25) is 0 Å². The van der Waals surface area contributed by atoms with Crippen molar-refractivity contribution in [1.82, 2.24) is 4.98 Å². The van der Waals surface area contributed by atoms with Crippen LogP contribution in [0, 0.1) is 12.7 Å². The van der Waals surface area contributed by atoms with Gasteiger partial charge >= 0.3 is 0 Å². The van der Waals surface area contributed by atoms with Gasteiger partial charge in [0.05, 0.1) is 11.2 Å². The summed E-state index contributed by atoms with van der Waals surface area (Å²) in [5.41, 5.74) is 2.31. The molecule has 1 aromatic heterocycles. The molecule has 106 valence electrons. The van der Waals surface area contributed by atoms with Crippen molar-refractivity contribution in [2.45, 2.75) is 13.0 Å². The molecule has 4 heteroatoms. The highest BCUT2D eigenvalue weighted by molar-refractivity contribution is 9.10. The van der Waals surface area contributed by atoms with Gasteiger partial charge in [0, 0.05) is 15.4 Å². The summed E-state index contributed by atoms with van der Waals surface area (Å²) in [4.78, 5) is 4.46. The quantitative estimate of drug-likeness (QED) is 0.740. The van der Waals surface area contributed by atoms with E-state index in [0.29, 0.717) is 10.2 Å². The van der Waals surface area contributed by atoms with Crippen LogP contribution in [0.2, 0.25) is 0 Å². The second-order valence-corrected chi connectivity index (χ2v) is 5.83. The first-order chi connectivity index (χ1) is 10.1. The molecule has 0 amide bonds. The molecule has 1 N–H and O–H groups in total. The zero-order valence-corrected chi connectivity index (χ0v) is 12.9. The maximum atomic E-state index is 13.9. The molecule has 0 aliphatic carbocycles. The van der Waals surface area contributed by atoms with Crippen LogP contribution in [-0.4, -0.2) is 10.1 Å². The Morgan fingerprint density at radius 3 is 2.71 bits per heavy atom. The van der Waals surface area contributed by atoms with Gasteiger partial charge in [-0.3, -0.25) is 0 Å². The zero-order valence-electron chi connectivity index (χ0n) is 11.3. The Kier molecular flexibility index (Phi) is 3.74. The highest BCUT2D eigenvalue weighted by Gasteiger charge is 2.19. The number of aliphatic hydroxyl groups is 1. The summed E-state index contributed by atoms with van der Waals surface area (Å²) in [7, 11) is 0. The summed E-state index contributed by atoms with van der Waals surface area (Å²) < 4.78 is 14.6. The van der Waals surface area contributed by atoms with Crippen molar-refractivity contribution in [3.8, 4) is 0 Å². The number of fused-ring (bicyclic) bond motifs is 1. The summed E-state index contributed by atoms with van der Waals surface area (Å²) in [6.07, 6.45) is -1.11. The molecule has 3 rings (SSSR count). The fraction of sp³-hybridized carbons (Fsp3) is 0.118. The first-order valence-electron chi connectivity index (χ1n) is 6.55. The van der Waals surface area contributed by atoms with Crippen molar-refractivity contribution >= 4 is 26.8 Å². The van der Waals surface area contributed by atoms with Crippen LogP contribution in [0.3, 0.4) is 0 Å². The summed E-state index contributed by atoms with van der Waals surface area (Å²) in [6, 6.07) is 14.2. The highest BCUT2D eigenvalue weighted by atomic mass is 79.9. The number of benzene rings is 2. The minimum absolute atomic E-state index is 0.235. The van der Waals surface area contributed by atoms with Crippen molar-refractivity contribution in [1.29, 1.82) is 0 Å². The Morgan fingerprint density at radius 1 is 1.14 bits per heavy atom. The van der Waals surface area contributed by atoms with Crippen LogP contribution in [0.1, 0.15) is 22.9 Å². The molecule has 0 spiro atoms. The van der Waals surface area contributed by atoms with E-state index in [-0.39, 0.29) is 5.56 Å². The van der Waals surface area contributed by atoms with E-state index in [4.69, 9.17) is 0 Å². The van der Waals surface area contributed by atoms with Crippen molar-refractivity contribution < 1.29 is 9.50 Å². The predicted molar refractivity (Wildman–Crippen MR) is 84.6 cm³/mol. The number of hydrogen-bond acceptors (Lipinski definition) is 2. The molecule has 3 aromatic rings. The largest absolute Gasteiger partial charge is 0.382 e. The number of para-hydroxylation sites is 1. The van der Waals surface area contributed by atoms with Gasteiger partial charge in [0.1, 0.15) is 11.9 Å². The highest BCUT2D eigenvalue weighted by Crippen LogP contribution is 2.31. The van der Waals surface area contributed by atoms with E-state index in [9.17, 15) is 9.50 Å². The number of halogens is 2. The van der Waals surface area contributed by atoms with E-state index in [1.807, 2.05) is 37.3 Å². The molecular formula is C17H13BrFNO. The lowest BCUT2D eigenvalue weighted by atomic mass is 10.0. The van der Waals surface area contributed by atoms with E-state index in [2.05, 4.69) is 20.9 Å². The van der Waals surface area contributed by atoms with Gasteiger partial charge in [-0.15, -0.1) is 0 Å². The lowest BCUT2D eigenvalue weighted by Gasteiger charge is -2.15. The van der Waals surface area contributed by atoms with E-state index in [1.54, 1.807) is 12.1 Å². The average Bonchev–Trinajstić information content (AvgIpc) is 2.48. The standard InChI is InChI=1S/C17H13BrFNO/c1-10-6-7-14(19)12(8-10)17(21)16-13(18)9-11-4-2-3-5-15(11)20-16/h2-9,17,21H,1H3. The molecule has 0 fully saturated rings. The predicted octanol–water partition coefficient (Wildman–Crippen LogP) is 4.53. The van der Waals surface area contributed by atoms with Crippen molar-refractivity contribution in [2.75, 3.05) is 0 Å². The Hall–Kier alpha value is -1.78. The van der Waals surface area contributed by atoms with Gasteiger partial charge in [0.15, 0.2) is 0 Å². The third-order valence-electron chi connectivity index (χ3n) is 3.41. The number of aliphatic hydroxyl groups excluding tert-OH is 1. The third kappa shape index (κ3) is 2.69. The maximum absolute atomic E-state index is 13.9. The van der Waals surface area contributed by atoms with Crippen LogP contribution in [0.4, 0.5) is 4.39 Å². The minimum Gasteiger partial charge on any atom is -0.382 e. The molecule has 21 heavy (non-hydrogen) atoms. The van der Waals surface area contributed by atoms with Crippen LogP contribution >= 0.6 is 15.9 Å². The molecule has 1 atom stereocenters. The second kappa shape index (κ2) is 5.54. The maximum Gasteiger partial charge on any atom is 0.129 e. The molecule has 1 heterocycles. The fourth-order valence-electron chi connectivity index (χ4n) is 2.32. The van der Waals surface area contributed by atoms with E-state index in [0.717, 1.165) is 16.5 Å². The van der Waals surface area contributed by atoms with Crippen LogP contribution in [-0.2, 0) is 0 Å². The van der Waals surface area contributed by atoms with Crippen LogP contribution in [0.25, 0.3) is 10.9 Å². The Balaban J connectivity index is 2.14. The SMILES string of the molecule is Cc1ccc(F)c(C(O)c2nc3ccccc3cc2Br)c1. The van der Waals surface area contributed by atoms with Gasteiger partial charge in [-0.1, -0.05) is 35.9 Å². The average molecular weight is 346 g/mol. The molecule has 2 nitrogen and oxygen atoms in total. The molecule has 1 unspecified atom stereocenters. The van der Waals surface area contributed by atoms with Gasteiger partial charge in [0.25, 0.3) is 0 Å². The first kappa shape index (κ1) is 14.2. The molecule has 0 saturated carbocycles. The Bertz CT molecular complexity index is 819. The van der Waals surface area contributed by atoms with E-state index in [1.165, 1.54) is 6.07 Å². The molecule has 0 saturated heterocycles. The number of pyridine rings is 1. The molecule has 0 aliphatic heterocycles. The number of nitrogens with zero attached hydrogens (tertiary/aromatic N) is 1. The van der Waals surface area contributed by atoms with E-state index >= 15 is 0 Å². The van der Waals surface area contributed by atoms with Crippen LogP contribution < -0.4 is 0 Å². The second-order valence-electron chi connectivity index (χ2n) is 4.98. The smallest absolute Gasteiger partial charge is 0.129 e. The third-order valence-corrected chi connectivity index (χ3v) is 4.04. The van der Waals surface area contributed by atoms with Gasteiger partial charge in [-0.2, -0.15) is 0 Å². The lowest BCUT2D eigenvalue weighted by molar-refractivity contribution is 0.209. The van der Waals surface area contributed by atoms with E-state index < -0.39 is 11.9 Å². The minimum atomic E-state index is -1.11. The van der Waals surface area contributed by atoms with Gasteiger partial charge in [-0.05, 0) is 41.1 Å². The Labute approximate surface area is 130 Å². The van der Waals surface area contributed by atoms with Gasteiger partial charge < -0.3 is 5.11 Å². The number of rotatable bonds is 2. The van der Waals surface area contributed by atoms with Crippen LogP contribution in [0.5, 0.6) is 0 Å². The monoisotopic (exact) mass is 345 g/mol. The number of hydrogen-bond donors (Lipinski definition) is 1. The first-order valence-corrected chi connectivity index (χ1v) is 7.35. The van der Waals surface area contributed by atoms with Crippen molar-refractivity contribution in [3.05, 3.63) is 75.6 Å². The normalized spacial score (nSPS) is 12.6. The van der Waals surface area contributed by atoms with Crippen LogP contribution in [0.15, 0.2) is 53.0 Å². The van der Waals surface area contributed by atoms with Gasteiger partial charge in [-0.25, -0.2) is 9.37 Å². The lowest BCUT2D eigenvalue weighted by Crippen LogP contribution is -2.06. The summed E-state index contributed by atoms with van der Waals surface area (Å²) in [5, 5.41) is 11.5. The van der Waals surface area contributed by atoms with Crippen molar-refractivity contribution in [2.24, 2.45) is 0 Å². The Morgan fingerprint density at radius 2 is 1.90 bits per heavy atom. The van der Waals surface area contributed by atoms with Crippen molar-refractivity contribution in [3.63, 3.8) is 0 Å². The molecule has 2 aromatic carbocycles. The number of aryl methyl sites for hydroxylation is 1. The summed E-state index contributed by atoms with van der Waals surface area (Å²) in [5.74, 6) is -0.435. The molecule has 0 aliphatic rings. The molecular weight excluding hydrogens is 333 g/mol. The number of aromatic nitrogens is 1.